The van der Waals surface area contributed by atoms with E-state index in [4.69, 9.17) is 0 Å². The summed E-state index contributed by atoms with van der Waals surface area (Å²) in [4.78, 5) is 9.25. The van der Waals surface area contributed by atoms with Crippen molar-refractivity contribution in [3.63, 3.8) is 0 Å². The third-order valence-electron chi connectivity index (χ3n) is 0.429. The van der Waals surface area contributed by atoms with Gasteiger partial charge in [0.25, 0.3) is 0 Å². The zero-order chi connectivity index (χ0) is 7.65. The molecule has 0 rings (SSSR count). The smallest absolute Gasteiger partial charge is 0.412 e. The maximum absolute atomic E-state index is 10.8. The van der Waals surface area contributed by atoms with E-state index >= 15 is 0 Å². The third kappa shape index (κ3) is 6.64. The molecule has 8 heteroatoms. The van der Waals surface area contributed by atoms with Crippen LogP contribution in [0.15, 0.2) is 0 Å². The van der Waals surface area contributed by atoms with Crippen molar-refractivity contribution in [3.8, 4) is 0 Å². The quantitative estimate of drug-likeness (QED) is 0.502. The second kappa shape index (κ2) is 5.85. The molecule has 11 heavy (non-hydrogen) atoms. The molecule has 0 unspecified atom stereocenters. The van der Waals surface area contributed by atoms with Crippen molar-refractivity contribution in [2.45, 2.75) is 6.18 Å². The summed E-state index contributed by atoms with van der Waals surface area (Å²) in [5, 5.41) is 0. The zero-order valence-electron chi connectivity index (χ0n) is 4.88. The normalized spacial score (nSPS) is 9.18. The van der Waals surface area contributed by atoms with Gasteiger partial charge in [-0.3, -0.25) is 0 Å². The van der Waals surface area contributed by atoms with E-state index in [0.717, 1.165) is 0 Å². The van der Waals surface area contributed by atoms with E-state index in [0.29, 0.717) is 0 Å². The Bertz CT molecular complexity index is 121. The topological polar surface area (TPSA) is 48.6 Å². The molecule has 0 aromatic rings. The van der Waals surface area contributed by atoms with Gasteiger partial charge in [-0.1, -0.05) is 0 Å². The van der Waals surface area contributed by atoms with E-state index in [1.807, 2.05) is 0 Å². The Kier molecular flexibility index (Phi) is 9.23. The average molecular weight is 254 g/mol. The van der Waals surface area contributed by atoms with Gasteiger partial charge in [0.1, 0.15) is 0 Å². The van der Waals surface area contributed by atoms with Gasteiger partial charge in [-0.05, 0) is 0 Å². The SMILES string of the molecule is O.O=C([C-](F)F)C(F)(F)F.[Y]. The van der Waals surface area contributed by atoms with Gasteiger partial charge < -0.3 is 19.1 Å². The molecule has 0 amide bonds. The Morgan fingerprint density at radius 2 is 1.45 bits per heavy atom. The molecule has 0 bridgehead atoms. The molecular formula is C3H2F5O2Y-. The van der Waals surface area contributed by atoms with Crippen LogP contribution < -0.4 is 0 Å². The molecule has 2 nitrogen and oxygen atoms in total. The molecule has 1 radical (unpaired) electrons. The Morgan fingerprint density at radius 1 is 1.18 bits per heavy atom. The van der Waals surface area contributed by atoms with Crippen LogP contribution in [0.2, 0.25) is 0 Å². The van der Waals surface area contributed by atoms with Crippen molar-refractivity contribution in [3.05, 3.63) is 6.43 Å². The molecular weight excluding hydrogens is 252 g/mol. The Balaban J connectivity index is -0.000000320. The molecule has 0 atom stereocenters. The Labute approximate surface area is 83.3 Å². The Hall–Kier alpha value is 0.254. The van der Waals surface area contributed by atoms with Crippen molar-refractivity contribution >= 4 is 5.78 Å². The van der Waals surface area contributed by atoms with E-state index in [2.05, 4.69) is 0 Å². The fourth-order valence-electron chi connectivity index (χ4n) is 0.107. The molecule has 0 aromatic heterocycles. The standard InChI is InChI=1S/C3F5O.H2O.Y/c4-2(5)1(9)3(6,7)8;;/h;1H2;/q-1;;. The van der Waals surface area contributed by atoms with Crippen LogP contribution in [0.25, 0.3) is 0 Å². The minimum absolute atomic E-state index is 0. The van der Waals surface area contributed by atoms with E-state index < -0.39 is 18.4 Å². The average Bonchev–Trinajstić information content (AvgIpc) is 1.62. The van der Waals surface area contributed by atoms with E-state index in [1.165, 1.54) is 0 Å². The first-order chi connectivity index (χ1) is 3.85. The maximum atomic E-state index is 10.8. The molecule has 0 saturated heterocycles. The van der Waals surface area contributed by atoms with Crippen molar-refractivity contribution in [1.82, 2.24) is 0 Å². The minimum Gasteiger partial charge on any atom is -0.412 e. The number of Topliss-reactive ketones (excluding diaryl/α,β-unsaturated/α-hetero) is 1. The molecule has 0 spiro atoms. The molecule has 65 valence electrons. The fraction of sp³-hybridized carbons (Fsp3) is 0.333. The van der Waals surface area contributed by atoms with Crippen LogP contribution in [-0.2, 0) is 37.5 Å². The summed E-state index contributed by atoms with van der Waals surface area (Å²) in [6, 6.07) is 0. The van der Waals surface area contributed by atoms with Crippen LogP contribution in [0.4, 0.5) is 22.0 Å². The van der Waals surface area contributed by atoms with Crippen LogP contribution >= 0.6 is 0 Å². The van der Waals surface area contributed by atoms with Gasteiger partial charge >= 0.3 is 6.18 Å². The summed E-state index contributed by atoms with van der Waals surface area (Å²) in [6.45, 7) is 0. The summed E-state index contributed by atoms with van der Waals surface area (Å²) in [5.74, 6) is -3.08. The number of carbonyl (C=O) groups excluding carboxylic acids is 1. The van der Waals surface area contributed by atoms with Crippen LogP contribution in [0.1, 0.15) is 0 Å². The number of rotatable bonds is 1. The van der Waals surface area contributed by atoms with Gasteiger partial charge in [-0.25, -0.2) is 0 Å². The molecule has 0 fully saturated rings. The van der Waals surface area contributed by atoms with Gasteiger partial charge in [0.05, 0.1) is 0 Å². The van der Waals surface area contributed by atoms with Crippen LogP contribution in [-0.4, -0.2) is 17.4 Å². The van der Waals surface area contributed by atoms with Crippen LogP contribution in [0, 0.1) is 6.43 Å². The van der Waals surface area contributed by atoms with E-state index in [-0.39, 0.29) is 38.2 Å². The number of carbonyl (C=O) groups is 1. The van der Waals surface area contributed by atoms with Gasteiger partial charge in [0.15, 0.2) is 5.78 Å². The van der Waals surface area contributed by atoms with Gasteiger partial charge in [0.2, 0.25) is 0 Å². The van der Waals surface area contributed by atoms with Crippen molar-refractivity contribution < 1.29 is 64.9 Å². The number of ketones is 1. The van der Waals surface area contributed by atoms with E-state index in [1.54, 1.807) is 0 Å². The molecule has 2 N–H and O–H groups in total. The largest absolute Gasteiger partial charge is 0.426 e. The fourth-order valence-corrected chi connectivity index (χ4v) is 0.107. The molecule has 0 aromatic carbocycles. The van der Waals surface area contributed by atoms with Crippen molar-refractivity contribution in [2.24, 2.45) is 0 Å². The minimum atomic E-state index is -5.45. The first-order valence-electron chi connectivity index (χ1n) is 1.65. The monoisotopic (exact) mass is 254 g/mol. The third-order valence-corrected chi connectivity index (χ3v) is 0.429. The first kappa shape index (κ1) is 17.4. The predicted octanol–water partition coefficient (Wildman–Crippen LogP) is 0.719. The Morgan fingerprint density at radius 3 is 1.45 bits per heavy atom. The summed E-state index contributed by atoms with van der Waals surface area (Å²) < 4.78 is 54.1. The molecule has 0 saturated carbocycles. The second-order valence-electron chi connectivity index (χ2n) is 1.09. The van der Waals surface area contributed by atoms with Crippen molar-refractivity contribution in [2.75, 3.05) is 0 Å². The first-order valence-corrected chi connectivity index (χ1v) is 1.65. The van der Waals surface area contributed by atoms with Gasteiger partial charge in [0, 0.05) is 39.1 Å². The maximum Gasteiger partial charge on any atom is 0.426 e. The van der Waals surface area contributed by atoms with E-state index in [9.17, 15) is 26.7 Å². The van der Waals surface area contributed by atoms with Crippen LogP contribution in [0.3, 0.4) is 0 Å². The second-order valence-corrected chi connectivity index (χ2v) is 1.09. The molecule has 0 heterocycles. The summed E-state index contributed by atoms with van der Waals surface area (Å²) in [5.41, 5.74) is 0. The number of alkyl halides is 3. The number of hydrogen-bond acceptors (Lipinski definition) is 1. The summed E-state index contributed by atoms with van der Waals surface area (Å²) in [7, 11) is 0. The van der Waals surface area contributed by atoms with Crippen molar-refractivity contribution in [1.29, 1.82) is 0 Å². The summed E-state index contributed by atoms with van der Waals surface area (Å²) in [6.07, 6.45) is -8.68. The number of hydrogen-bond donors (Lipinski definition) is 0. The predicted molar refractivity (Wildman–Crippen MR) is 20.1 cm³/mol. The van der Waals surface area contributed by atoms with Gasteiger partial charge in [-0.2, -0.15) is 13.2 Å². The van der Waals surface area contributed by atoms with Gasteiger partial charge in [-0.15, -0.1) is 0 Å². The number of halogens is 5. The zero-order valence-corrected chi connectivity index (χ0v) is 7.71. The molecule has 0 aliphatic heterocycles. The summed E-state index contributed by atoms with van der Waals surface area (Å²) >= 11 is 0. The molecule has 0 aliphatic carbocycles. The van der Waals surface area contributed by atoms with Crippen LogP contribution in [0.5, 0.6) is 0 Å². The molecule has 0 aliphatic rings.